The molecule has 2 heterocycles. The topological polar surface area (TPSA) is 85.4 Å². The molecule has 2 fully saturated rings. The minimum absolute atomic E-state index is 0. The fourth-order valence-corrected chi connectivity index (χ4v) is 3.63. The van der Waals surface area contributed by atoms with Gasteiger partial charge in [-0.25, -0.2) is 4.79 Å². The van der Waals surface area contributed by atoms with Crippen LogP contribution in [-0.4, -0.2) is 47.1 Å². The number of carbonyl (C=O) groups excluding carboxylic acids is 2. The molecule has 1 N–H and O–H groups in total. The second-order valence-corrected chi connectivity index (χ2v) is 7.84. The van der Waals surface area contributed by atoms with E-state index >= 15 is 0 Å². The molecule has 0 aromatic rings. The number of hydrogen-bond acceptors (Lipinski definition) is 6. The molecule has 0 saturated carbocycles. The van der Waals surface area contributed by atoms with Gasteiger partial charge in [0.1, 0.15) is 12.2 Å². The Labute approximate surface area is 165 Å². The number of carbonyl (C=O) groups is 2. The Morgan fingerprint density at radius 3 is 2.73 bits per heavy atom. The summed E-state index contributed by atoms with van der Waals surface area (Å²) in [6.45, 7) is 11.1. The normalized spacial score (nSPS) is 41.2. The van der Waals surface area contributed by atoms with Crippen LogP contribution < -0.4 is 0 Å². The van der Waals surface area contributed by atoms with E-state index in [1.807, 2.05) is 6.92 Å². The van der Waals surface area contributed by atoms with E-state index in [1.165, 1.54) is 0 Å². The Kier molecular flexibility index (Phi) is 6.13. The summed E-state index contributed by atoms with van der Waals surface area (Å²) in [6, 6.07) is 0. The summed E-state index contributed by atoms with van der Waals surface area (Å²) in [5.74, 6) is -1.56. The number of aliphatic hydroxyl groups is 1. The Bertz CT molecular complexity index is 642. The van der Waals surface area contributed by atoms with Crippen molar-refractivity contribution in [3.63, 3.8) is 0 Å². The molecule has 7 heteroatoms. The minimum Gasteiger partial charge on any atom is -0.461 e. The van der Waals surface area contributed by atoms with Crippen LogP contribution in [0.25, 0.3) is 0 Å². The van der Waals surface area contributed by atoms with Crippen LogP contribution in [0.3, 0.4) is 0 Å². The first kappa shape index (κ1) is 21.2. The van der Waals surface area contributed by atoms with Crippen LogP contribution in [0.5, 0.6) is 0 Å². The quantitative estimate of drug-likeness (QED) is 0.329. The Balaban J connectivity index is 0.00000243. The van der Waals surface area contributed by atoms with E-state index in [1.54, 1.807) is 26.8 Å². The van der Waals surface area contributed by atoms with E-state index < -0.39 is 35.8 Å². The third-order valence-electron chi connectivity index (χ3n) is 5.43. The summed E-state index contributed by atoms with van der Waals surface area (Å²) in [7, 11) is 0. The van der Waals surface area contributed by atoms with E-state index in [0.29, 0.717) is 24.0 Å². The van der Waals surface area contributed by atoms with Gasteiger partial charge in [0.15, 0.2) is 0 Å². The molecule has 0 aromatic heterocycles. The molecule has 143 valence electrons. The van der Waals surface area contributed by atoms with E-state index in [-0.39, 0.29) is 36.5 Å². The van der Waals surface area contributed by atoms with Gasteiger partial charge in [-0.15, -0.1) is 0 Å². The summed E-state index contributed by atoms with van der Waals surface area (Å²) in [5, 5.41) is 10.4. The molecular weight excluding hydrogens is 375 g/mol. The van der Waals surface area contributed by atoms with Gasteiger partial charge in [0.2, 0.25) is 0 Å². The van der Waals surface area contributed by atoms with Crippen LogP contribution in [-0.2, 0) is 42.4 Å². The first-order valence-electron chi connectivity index (χ1n) is 8.77. The van der Waals surface area contributed by atoms with Crippen molar-refractivity contribution >= 4 is 11.9 Å². The van der Waals surface area contributed by atoms with Gasteiger partial charge in [-0.1, -0.05) is 20.4 Å². The summed E-state index contributed by atoms with van der Waals surface area (Å²) in [4.78, 5) is 24.3. The summed E-state index contributed by atoms with van der Waals surface area (Å²) in [5.41, 5.74) is 0.523. The zero-order chi connectivity index (χ0) is 18.5. The maximum atomic E-state index is 12.2. The van der Waals surface area contributed by atoms with E-state index in [2.05, 4.69) is 6.58 Å². The molecule has 6 nitrogen and oxygen atoms in total. The maximum Gasteiger partial charge on any atom is 0.334 e. The van der Waals surface area contributed by atoms with E-state index in [4.69, 9.17) is 14.2 Å². The first-order chi connectivity index (χ1) is 11.6. The molecule has 0 aromatic carbocycles. The van der Waals surface area contributed by atoms with Crippen molar-refractivity contribution in [2.24, 2.45) is 11.8 Å². The molecule has 1 radical (unpaired) electrons. The number of ether oxygens (including phenoxy) is 3. The third kappa shape index (κ3) is 3.93. The molecule has 0 spiro atoms. The van der Waals surface area contributed by atoms with Crippen molar-refractivity contribution in [1.29, 1.82) is 0 Å². The summed E-state index contributed by atoms with van der Waals surface area (Å²) < 4.78 is 17.0. The zero-order valence-electron chi connectivity index (χ0n) is 15.6. The fraction of sp³-hybridized carbons (Fsp3) is 0.684. The van der Waals surface area contributed by atoms with Crippen molar-refractivity contribution < 1.29 is 47.5 Å². The van der Waals surface area contributed by atoms with Gasteiger partial charge >= 0.3 is 11.9 Å². The number of aliphatic hydroxyl groups excluding tert-OH is 1. The summed E-state index contributed by atoms with van der Waals surface area (Å²) in [6.07, 6.45) is 0.727. The number of rotatable bonds is 2. The molecule has 26 heavy (non-hydrogen) atoms. The monoisotopic (exact) mass is 401 g/mol. The number of hydrogen-bond donors (Lipinski definition) is 1. The van der Waals surface area contributed by atoms with Gasteiger partial charge in [0.05, 0.1) is 29.6 Å². The van der Waals surface area contributed by atoms with Crippen molar-refractivity contribution in [2.45, 2.75) is 70.6 Å². The second kappa shape index (κ2) is 7.51. The number of fused-ring (bicyclic) bond motifs is 2. The molecule has 0 amide bonds. The standard InChI is InChI=1S/C19H26O6.V/c1-9(2)17(21)24-14-8-19(5)15(25-19)7-12(20)10(3)6-13-16(14)11(4)18(22)23-13;/h6,9,12-16,20H,4,7-8H2,1-3,5H3;/b10-6-;. The molecule has 3 aliphatic rings. The van der Waals surface area contributed by atoms with Gasteiger partial charge in [-0.3, -0.25) is 4.79 Å². The van der Waals surface area contributed by atoms with E-state index in [0.717, 1.165) is 0 Å². The molecule has 6 unspecified atom stereocenters. The Morgan fingerprint density at radius 2 is 2.12 bits per heavy atom. The predicted molar refractivity (Wildman–Crippen MR) is 89.5 cm³/mol. The van der Waals surface area contributed by atoms with E-state index in [9.17, 15) is 14.7 Å². The van der Waals surface area contributed by atoms with Crippen molar-refractivity contribution in [3.8, 4) is 0 Å². The molecule has 0 bridgehead atoms. The summed E-state index contributed by atoms with van der Waals surface area (Å²) >= 11 is 0. The number of epoxide rings is 1. The van der Waals surface area contributed by atoms with Crippen LogP contribution in [0.15, 0.2) is 23.8 Å². The maximum absolute atomic E-state index is 12.2. The van der Waals surface area contributed by atoms with Crippen LogP contribution in [0.4, 0.5) is 0 Å². The van der Waals surface area contributed by atoms with Crippen molar-refractivity contribution in [1.82, 2.24) is 0 Å². The van der Waals surface area contributed by atoms with Crippen molar-refractivity contribution in [3.05, 3.63) is 23.8 Å². The fourth-order valence-electron chi connectivity index (χ4n) is 3.63. The van der Waals surface area contributed by atoms with Gasteiger partial charge < -0.3 is 19.3 Å². The van der Waals surface area contributed by atoms with Gasteiger partial charge in [0, 0.05) is 37.0 Å². The van der Waals surface area contributed by atoms with Gasteiger partial charge in [-0.2, -0.15) is 0 Å². The Morgan fingerprint density at radius 1 is 1.46 bits per heavy atom. The average Bonchev–Trinajstić information content (AvgIpc) is 3.04. The molecular formula is C19H26O6V. The van der Waals surface area contributed by atoms with Gasteiger partial charge in [-0.05, 0) is 25.5 Å². The zero-order valence-corrected chi connectivity index (χ0v) is 17.0. The first-order valence-corrected chi connectivity index (χ1v) is 8.77. The number of esters is 2. The molecule has 6 atom stereocenters. The Hall–Kier alpha value is -1.08. The third-order valence-corrected chi connectivity index (χ3v) is 5.43. The van der Waals surface area contributed by atoms with Gasteiger partial charge in [0.25, 0.3) is 0 Å². The molecule has 3 rings (SSSR count). The second-order valence-electron chi connectivity index (χ2n) is 7.84. The predicted octanol–water partition coefficient (Wildman–Crippen LogP) is 1.91. The molecule has 2 aliphatic heterocycles. The van der Waals surface area contributed by atoms with Crippen LogP contribution in [0.1, 0.15) is 40.5 Å². The SMILES string of the molecule is C=C1C(=O)OC2/C=C(/C)C(O)CC3OC3(C)CC(OC(=O)C(C)C)C12.[V]. The van der Waals surface area contributed by atoms with Crippen LogP contribution in [0.2, 0.25) is 0 Å². The molecule has 2 saturated heterocycles. The smallest absolute Gasteiger partial charge is 0.334 e. The van der Waals surface area contributed by atoms with Crippen LogP contribution in [0, 0.1) is 11.8 Å². The minimum atomic E-state index is -0.658. The van der Waals surface area contributed by atoms with Crippen molar-refractivity contribution in [2.75, 3.05) is 0 Å². The largest absolute Gasteiger partial charge is 0.461 e. The van der Waals surface area contributed by atoms with Crippen LogP contribution >= 0.6 is 0 Å². The average molecular weight is 401 g/mol. The molecule has 1 aliphatic carbocycles.